The van der Waals surface area contributed by atoms with Crippen LogP contribution in [0.2, 0.25) is 0 Å². The van der Waals surface area contributed by atoms with Gasteiger partial charge < -0.3 is 15.2 Å². The Morgan fingerprint density at radius 1 is 1.22 bits per heavy atom. The second-order valence-corrected chi connectivity index (χ2v) is 5.18. The monoisotopic (exact) mass is 315 g/mol. The number of nitrogens with one attached hydrogen (secondary N) is 1. The topological polar surface area (TPSA) is 41.5 Å². The van der Waals surface area contributed by atoms with Gasteiger partial charge in [-0.15, -0.1) is 0 Å². The first kappa shape index (κ1) is 15.5. The van der Waals surface area contributed by atoms with E-state index in [1.807, 2.05) is 19.2 Å². The summed E-state index contributed by atoms with van der Waals surface area (Å²) in [5, 5.41) is 11.8. The number of benzene rings is 1. The molecule has 0 aliphatic heterocycles. The van der Waals surface area contributed by atoms with E-state index in [1.54, 1.807) is 0 Å². The van der Waals surface area contributed by atoms with E-state index >= 15 is 0 Å². The van der Waals surface area contributed by atoms with Gasteiger partial charge in [-0.2, -0.15) is 0 Å². The zero-order valence-electron chi connectivity index (χ0n) is 10.9. The maximum atomic E-state index is 8.68. The van der Waals surface area contributed by atoms with Crippen molar-refractivity contribution in [1.29, 1.82) is 0 Å². The van der Waals surface area contributed by atoms with Crippen LogP contribution in [0.1, 0.15) is 31.2 Å². The second kappa shape index (κ2) is 9.36. The SMILES string of the molecule is CNCc1cc(Br)ccc1OCCCCCCO. The molecule has 102 valence electrons. The highest BCUT2D eigenvalue weighted by molar-refractivity contribution is 9.10. The molecule has 3 nitrogen and oxygen atoms in total. The predicted molar refractivity (Wildman–Crippen MR) is 78.0 cm³/mol. The van der Waals surface area contributed by atoms with Crippen LogP contribution >= 0.6 is 15.9 Å². The number of hydrogen-bond acceptors (Lipinski definition) is 3. The molecule has 0 saturated carbocycles. The number of aliphatic hydroxyl groups is 1. The summed E-state index contributed by atoms with van der Waals surface area (Å²) in [4.78, 5) is 0. The third-order valence-corrected chi connectivity index (χ3v) is 3.19. The van der Waals surface area contributed by atoms with Gasteiger partial charge in [-0.1, -0.05) is 22.4 Å². The summed E-state index contributed by atoms with van der Waals surface area (Å²) < 4.78 is 6.87. The van der Waals surface area contributed by atoms with E-state index in [4.69, 9.17) is 9.84 Å². The largest absolute Gasteiger partial charge is 0.493 e. The molecule has 1 rings (SSSR count). The average Bonchev–Trinajstić information content (AvgIpc) is 2.36. The maximum absolute atomic E-state index is 8.68. The number of rotatable bonds is 9. The van der Waals surface area contributed by atoms with Crippen molar-refractivity contribution in [3.05, 3.63) is 28.2 Å². The van der Waals surface area contributed by atoms with E-state index in [9.17, 15) is 0 Å². The molecular formula is C14H22BrNO2. The smallest absolute Gasteiger partial charge is 0.123 e. The third-order valence-electron chi connectivity index (χ3n) is 2.70. The number of unbranched alkanes of at least 4 members (excludes halogenated alkanes) is 3. The standard InChI is InChI=1S/C14H22BrNO2/c1-16-11-12-10-13(15)6-7-14(12)18-9-5-3-2-4-8-17/h6-7,10,16-17H,2-5,8-9,11H2,1H3. The van der Waals surface area contributed by atoms with Crippen molar-refractivity contribution in [3.63, 3.8) is 0 Å². The van der Waals surface area contributed by atoms with Crippen LogP contribution < -0.4 is 10.1 Å². The highest BCUT2D eigenvalue weighted by Gasteiger charge is 2.03. The first-order valence-corrected chi connectivity index (χ1v) is 7.24. The molecule has 0 aromatic heterocycles. The molecule has 18 heavy (non-hydrogen) atoms. The van der Waals surface area contributed by atoms with Crippen molar-refractivity contribution in [3.8, 4) is 5.75 Å². The van der Waals surface area contributed by atoms with Crippen molar-refractivity contribution < 1.29 is 9.84 Å². The summed E-state index contributed by atoms with van der Waals surface area (Å²) in [6.07, 6.45) is 4.11. The van der Waals surface area contributed by atoms with E-state index in [-0.39, 0.29) is 0 Å². The van der Waals surface area contributed by atoms with Gasteiger partial charge in [0.15, 0.2) is 0 Å². The molecule has 0 amide bonds. The molecule has 0 saturated heterocycles. The van der Waals surface area contributed by atoms with Crippen LogP contribution in [-0.2, 0) is 6.54 Å². The Morgan fingerprint density at radius 3 is 2.72 bits per heavy atom. The summed E-state index contributed by atoms with van der Waals surface area (Å²) in [6.45, 7) is 1.84. The lowest BCUT2D eigenvalue weighted by atomic mass is 10.2. The molecular weight excluding hydrogens is 294 g/mol. The fourth-order valence-electron chi connectivity index (χ4n) is 1.77. The molecule has 0 atom stereocenters. The molecule has 0 aliphatic rings. The summed E-state index contributed by atoms with van der Waals surface area (Å²) >= 11 is 3.47. The first-order chi connectivity index (χ1) is 8.77. The zero-order valence-corrected chi connectivity index (χ0v) is 12.5. The van der Waals surface area contributed by atoms with E-state index < -0.39 is 0 Å². The molecule has 0 bridgehead atoms. The summed E-state index contributed by atoms with van der Waals surface area (Å²) in [5.74, 6) is 0.953. The van der Waals surface area contributed by atoms with Crippen molar-refractivity contribution in [1.82, 2.24) is 5.32 Å². The lowest BCUT2D eigenvalue weighted by Gasteiger charge is -2.11. The van der Waals surface area contributed by atoms with Crippen molar-refractivity contribution in [2.75, 3.05) is 20.3 Å². The van der Waals surface area contributed by atoms with Gasteiger partial charge in [0.2, 0.25) is 0 Å². The molecule has 0 radical (unpaired) electrons. The van der Waals surface area contributed by atoms with Gasteiger partial charge in [-0.25, -0.2) is 0 Å². The molecule has 4 heteroatoms. The first-order valence-electron chi connectivity index (χ1n) is 6.44. The number of hydrogen-bond donors (Lipinski definition) is 2. The van der Waals surface area contributed by atoms with Gasteiger partial charge >= 0.3 is 0 Å². The van der Waals surface area contributed by atoms with Gasteiger partial charge in [0.25, 0.3) is 0 Å². The van der Waals surface area contributed by atoms with Crippen molar-refractivity contribution in [2.24, 2.45) is 0 Å². The molecule has 1 aromatic carbocycles. The maximum Gasteiger partial charge on any atom is 0.123 e. The van der Waals surface area contributed by atoms with Crippen molar-refractivity contribution in [2.45, 2.75) is 32.2 Å². The molecule has 0 unspecified atom stereocenters. The summed E-state index contributed by atoms with van der Waals surface area (Å²) in [5.41, 5.74) is 1.17. The normalized spacial score (nSPS) is 10.6. The van der Waals surface area contributed by atoms with Crippen LogP contribution in [-0.4, -0.2) is 25.4 Å². The Morgan fingerprint density at radius 2 is 2.00 bits per heavy atom. The lowest BCUT2D eigenvalue weighted by molar-refractivity contribution is 0.272. The van der Waals surface area contributed by atoms with E-state index in [2.05, 4.69) is 27.3 Å². The van der Waals surface area contributed by atoms with Crippen LogP contribution in [0.3, 0.4) is 0 Å². The minimum Gasteiger partial charge on any atom is -0.493 e. The molecule has 0 aliphatic carbocycles. The highest BCUT2D eigenvalue weighted by Crippen LogP contribution is 2.23. The lowest BCUT2D eigenvalue weighted by Crippen LogP contribution is -2.08. The Kier molecular flexibility index (Phi) is 8.05. The second-order valence-electron chi connectivity index (χ2n) is 4.27. The van der Waals surface area contributed by atoms with Crippen LogP contribution in [0.25, 0.3) is 0 Å². The molecule has 0 fully saturated rings. The van der Waals surface area contributed by atoms with E-state index in [0.717, 1.165) is 49.1 Å². The van der Waals surface area contributed by atoms with Gasteiger partial charge in [0, 0.05) is 23.2 Å². The molecule has 1 aromatic rings. The molecule has 0 spiro atoms. The summed E-state index contributed by atoms with van der Waals surface area (Å²) in [6, 6.07) is 6.09. The average molecular weight is 316 g/mol. The Labute approximate surface area is 118 Å². The molecule has 0 heterocycles. The highest BCUT2D eigenvalue weighted by atomic mass is 79.9. The number of ether oxygens (including phenoxy) is 1. The Balaban J connectivity index is 2.36. The fourth-order valence-corrected chi connectivity index (χ4v) is 2.18. The van der Waals surface area contributed by atoms with Gasteiger partial charge in [0.1, 0.15) is 5.75 Å². The van der Waals surface area contributed by atoms with Gasteiger partial charge in [-0.3, -0.25) is 0 Å². The van der Waals surface area contributed by atoms with Gasteiger partial charge in [0.05, 0.1) is 6.61 Å². The minimum absolute atomic E-state index is 0.292. The quantitative estimate of drug-likeness (QED) is 0.688. The number of halogens is 1. The van der Waals surface area contributed by atoms with Crippen LogP contribution in [0.4, 0.5) is 0 Å². The van der Waals surface area contributed by atoms with E-state index in [1.165, 1.54) is 5.56 Å². The van der Waals surface area contributed by atoms with Crippen LogP contribution in [0, 0.1) is 0 Å². The van der Waals surface area contributed by atoms with Gasteiger partial charge in [-0.05, 0) is 44.5 Å². The molecule has 2 N–H and O–H groups in total. The van der Waals surface area contributed by atoms with Crippen LogP contribution in [0.5, 0.6) is 5.75 Å². The predicted octanol–water partition coefficient (Wildman–Crippen LogP) is 3.10. The Bertz CT molecular complexity index is 345. The third kappa shape index (κ3) is 5.85. The fraction of sp³-hybridized carbons (Fsp3) is 0.571. The number of aliphatic hydroxyl groups excluding tert-OH is 1. The Hall–Kier alpha value is -0.580. The van der Waals surface area contributed by atoms with Crippen LogP contribution in [0.15, 0.2) is 22.7 Å². The van der Waals surface area contributed by atoms with Crippen molar-refractivity contribution >= 4 is 15.9 Å². The zero-order chi connectivity index (χ0) is 13.2. The summed E-state index contributed by atoms with van der Waals surface area (Å²) in [7, 11) is 1.93. The van der Waals surface area contributed by atoms with E-state index in [0.29, 0.717) is 6.61 Å². The minimum atomic E-state index is 0.292.